The molecule has 0 aromatic rings. The van der Waals surface area contributed by atoms with Crippen molar-refractivity contribution in [3.05, 3.63) is 0 Å². The minimum Gasteiger partial charge on any atom is -0.304 e. The molecule has 0 spiro atoms. The first-order chi connectivity index (χ1) is 6.22. The van der Waals surface area contributed by atoms with E-state index in [1.165, 1.54) is 45.1 Å². The zero-order valence-electron chi connectivity index (χ0n) is 9.97. The zero-order valence-corrected chi connectivity index (χ0v) is 9.97. The molecule has 0 saturated heterocycles. The van der Waals surface area contributed by atoms with Crippen molar-refractivity contribution in [2.24, 2.45) is 0 Å². The predicted molar refractivity (Wildman–Crippen MR) is 61.1 cm³/mol. The second kappa shape index (κ2) is 8.55. The zero-order chi connectivity index (χ0) is 10.1. The van der Waals surface area contributed by atoms with Crippen molar-refractivity contribution in [1.82, 2.24) is 4.90 Å². The fourth-order valence-corrected chi connectivity index (χ4v) is 1.66. The molecule has 0 unspecified atom stereocenters. The van der Waals surface area contributed by atoms with E-state index in [1.807, 2.05) is 0 Å². The summed E-state index contributed by atoms with van der Waals surface area (Å²) in [5.41, 5.74) is 0. The van der Waals surface area contributed by atoms with Gasteiger partial charge in [0.1, 0.15) is 0 Å². The topological polar surface area (TPSA) is 3.24 Å². The van der Waals surface area contributed by atoms with Crippen LogP contribution in [-0.2, 0) is 0 Å². The summed E-state index contributed by atoms with van der Waals surface area (Å²) < 4.78 is 0. The van der Waals surface area contributed by atoms with Crippen molar-refractivity contribution in [3.8, 4) is 0 Å². The highest BCUT2D eigenvalue weighted by Gasteiger charge is 2.06. The molecule has 0 aromatic heterocycles. The van der Waals surface area contributed by atoms with E-state index in [4.69, 9.17) is 0 Å². The summed E-state index contributed by atoms with van der Waals surface area (Å²) in [5.74, 6) is 0. The van der Waals surface area contributed by atoms with Gasteiger partial charge in [0.05, 0.1) is 0 Å². The van der Waals surface area contributed by atoms with Crippen molar-refractivity contribution >= 4 is 0 Å². The fraction of sp³-hybridized carbons (Fsp3) is 1.00. The molecule has 0 amide bonds. The molecule has 0 rings (SSSR count). The summed E-state index contributed by atoms with van der Waals surface area (Å²) in [6.45, 7) is 8.11. The number of hydrogen-bond donors (Lipinski definition) is 0. The van der Waals surface area contributed by atoms with Crippen LogP contribution >= 0.6 is 0 Å². The summed E-state index contributed by atoms with van der Waals surface area (Å²) in [5, 5.41) is 0. The van der Waals surface area contributed by atoms with E-state index in [2.05, 4.69) is 32.7 Å². The Balaban J connectivity index is 3.32. The molecule has 13 heavy (non-hydrogen) atoms. The average Bonchev–Trinajstić information content (AvgIpc) is 2.12. The number of rotatable bonds is 8. The van der Waals surface area contributed by atoms with E-state index < -0.39 is 0 Å². The van der Waals surface area contributed by atoms with Crippen molar-refractivity contribution in [2.45, 2.75) is 65.3 Å². The lowest BCUT2D eigenvalue weighted by molar-refractivity contribution is 0.242. The van der Waals surface area contributed by atoms with Gasteiger partial charge in [0.25, 0.3) is 0 Å². The van der Waals surface area contributed by atoms with Crippen molar-refractivity contribution in [3.63, 3.8) is 0 Å². The molecule has 0 radical (unpaired) electrons. The molecule has 0 heterocycles. The van der Waals surface area contributed by atoms with Crippen molar-refractivity contribution < 1.29 is 0 Å². The van der Waals surface area contributed by atoms with E-state index in [0.717, 1.165) is 6.04 Å². The quantitative estimate of drug-likeness (QED) is 0.521. The Labute approximate surface area is 84.5 Å². The largest absolute Gasteiger partial charge is 0.304 e. The third-order valence-electron chi connectivity index (χ3n) is 2.80. The lowest BCUT2D eigenvalue weighted by Crippen LogP contribution is -2.29. The normalized spacial score (nSPS) is 13.6. The molecule has 0 N–H and O–H groups in total. The van der Waals surface area contributed by atoms with Gasteiger partial charge in [0.15, 0.2) is 0 Å². The van der Waals surface area contributed by atoms with Crippen LogP contribution in [-0.4, -0.2) is 24.5 Å². The van der Waals surface area contributed by atoms with Crippen molar-refractivity contribution in [2.75, 3.05) is 13.6 Å². The van der Waals surface area contributed by atoms with Crippen LogP contribution in [0.3, 0.4) is 0 Å². The minimum atomic E-state index is 0.775. The number of unbranched alkanes of at least 4 members (excludes halogenated alkanes) is 3. The SMILES string of the molecule is CCCCCC[C@@H](C)N(C)CCC. The lowest BCUT2D eigenvalue weighted by Gasteiger charge is -2.23. The highest BCUT2D eigenvalue weighted by Crippen LogP contribution is 2.09. The maximum absolute atomic E-state index is 2.48. The molecule has 0 saturated carbocycles. The minimum absolute atomic E-state index is 0.775. The van der Waals surface area contributed by atoms with Gasteiger partial charge in [-0.25, -0.2) is 0 Å². The van der Waals surface area contributed by atoms with Gasteiger partial charge in [0, 0.05) is 6.04 Å². The smallest absolute Gasteiger partial charge is 0.00638 e. The summed E-state index contributed by atoms with van der Waals surface area (Å²) in [7, 11) is 2.24. The van der Waals surface area contributed by atoms with E-state index in [-0.39, 0.29) is 0 Å². The summed E-state index contributed by atoms with van der Waals surface area (Å²) in [4.78, 5) is 2.48. The Morgan fingerprint density at radius 1 is 1.00 bits per heavy atom. The van der Waals surface area contributed by atoms with Crippen LogP contribution in [0.5, 0.6) is 0 Å². The average molecular weight is 185 g/mol. The monoisotopic (exact) mass is 185 g/mol. The van der Waals surface area contributed by atoms with Crippen LogP contribution in [0.2, 0.25) is 0 Å². The summed E-state index contributed by atoms with van der Waals surface area (Å²) >= 11 is 0. The van der Waals surface area contributed by atoms with Crippen LogP contribution in [0.15, 0.2) is 0 Å². The third kappa shape index (κ3) is 7.06. The Kier molecular flexibility index (Phi) is 8.53. The highest BCUT2D eigenvalue weighted by atomic mass is 15.1. The summed E-state index contributed by atoms with van der Waals surface area (Å²) in [6.07, 6.45) is 8.22. The van der Waals surface area contributed by atoms with Crippen LogP contribution in [0.4, 0.5) is 0 Å². The number of hydrogen-bond acceptors (Lipinski definition) is 1. The maximum Gasteiger partial charge on any atom is 0.00638 e. The number of nitrogens with zero attached hydrogens (tertiary/aromatic N) is 1. The molecule has 1 heteroatoms. The second-order valence-electron chi connectivity index (χ2n) is 4.18. The predicted octanol–water partition coefficient (Wildman–Crippen LogP) is 3.69. The lowest BCUT2D eigenvalue weighted by atomic mass is 10.1. The Morgan fingerprint density at radius 2 is 1.69 bits per heavy atom. The Hall–Kier alpha value is -0.0400. The van der Waals surface area contributed by atoms with E-state index >= 15 is 0 Å². The molecule has 0 aliphatic heterocycles. The molecule has 0 aliphatic carbocycles. The third-order valence-corrected chi connectivity index (χ3v) is 2.80. The molecule has 0 aromatic carbocycles. The molecule has 0 aliphatic rings. The molecule has 1 nitrogen and oxygen atoms in total. The van der Waals surface area contributed by atoms with Crippen LogP contribution in [0, 0.1) is 0 Å². The van der Waals surface area contributed by atoms with Crippen molar-refractivity contribution in [1.29, 1.82) is 0 Å². The first-order valence-corrected chi connectivity index (χ1v) is 5.92. The van der Waals surface area contributed by atoms with Crippen LogP contribution in [0.1, 0.15) is 59.3 Å². The van der Waals surface area contributed by atoms with Gasteiger partial charge in [-0.1, -0.05) is 39.5 Å². The van der Waals surface area contributed by atoms with Gasteiger partial charge < -0.3 is 4.90 Å². The highest BCUT2D eigenvalue weighted by molar-refractivity contribution is 4.62. The standard InChI is InChI=1S/C12H27N/c1-5-7-8-9-10-12(3)13(4)11-6-2/h12H,5-11H2,1-4H3/t12-/m1/s1. The Morgan fingerprint density at radius 3 is 2.23 bits per heavy atom. The van der Waals surface area contributed by atoms with Gasteiger partial charge in [-0.3, -0.25) is 0 Å². The Bertz CT molecular complexity index is 101. The van der Waals surface area contributed by atoms with Gasteiger partial charge in [0.2, 0.25) is 0 Å². The molecular formula is C12H27N. The maximum atomic E-state index is 2.48. The molecular weight excluding hydrogens is 158 g/mol. The van der Waals surface area contributed by atoms with Gasteiger partial charge in [-0.05, 0) is 33.4 Å². The van der Waals surface area contributed by atoms with Gasteiger partial charge in [-0.2, -0.15) is 0 Å². The molecule has 80 valence electrons. The van der Waals surface area contributed by atoms with E-state index in [9.17, 15) is 0 Å². The van der Waals surface area contributed by atoms with E-state index in [1.54, 1.807) is 0 Å². The van der Waals surface area contributed by atoms with Gasteiger partial charge >= 0.3 is 0 Å². The van der Waals surface area contributed by atoms with Crippen LogP contribution in [0.25, 0.3) is 0 Å². The first-order valence-electron chi connectivity index (χ1n) is 5.92. The van der Waals surface area contributed by atoms with Crippen LogP contribution < -0.4 is 0 Å². The molecule has 1 atom stereocenters. The van der Waals surface area contributed by atoms with Gasteiger partial charge in [-0.15, -0.1) is 0 Å². The molecule has 0 fully saturated rings. The second-order valence-corrected chi connectivity index (χ2v) is 4.18. The first kappa shape index (κ1) is 13.0. The fourth-order valence-electron chi connectivity index (χ4n) is 1.66. The summed E-state index contributed by atoms with van der Waals surface area (Å²) in [6, 6.07) is 0.775. The molecule has 0 bridgehead atoms. The van der Waals surface area contributed by atoms with E-state index in [0.29, 0.717) is 0 Å².